The smallest absolute Gasteiger partial charge is 0.326 e. The van der Waals surface area contributed by atoms with Crippen LogP contribution in [-0.2, 0) is 19.1 Å². The zero-order valence-corrected chi connectivity index (χ0v) is 15.8. The highest BCUT2D eigenvalue weighted by molar-refractivity contribution is 6.32. The van der Waals surface area contributed by atoms with Gasteiger partial charge in [-0.25, -0.2) is 9.78 Å². The third-order valence-electron chi connectivity index (χ3n) is 4.06. The number of urea groups is 1. The third-order valence-corrected chi connectivity index (χ3v) is 4.36. The molecule has 1 aromatic heterocycles. The van der Waals surface area contributed by atoms with E-state index in [0.29, 0.717) is 6.42 Å². The van der Waals surface area contributed by atoms with Crippen LogP contribution in [0, 0.1) is 0 Å². The lowest BCUT2D eigenvalue weighted by Crippen LogP contribution is -2.44. The van der Waals surface area contributed by atoms with Crippen molar-refractivity contribution in [1.29, 1.82) is 0 Å². The number of carbonyl (C=O) groups excluding carboxylic acids is 4. The standard InChI is InChI=1S/C17H21ClN4O5/c1-3-4-7-17(2)15(25)22(16(26)21-17)9-13(24)27-10-12(23)20-11-6-5-8-19-14(11)18/h5-6,8H,3-4,7,9-10H2,1-2H3,(H,20,23)(H,21,26)/t17-/m0/s1. The molecule has 4 amide bonds. The second-order valence-electron chi connectivity index (χ2n) is 6.31. The summed E-state index contributed by atoms with van der Waals surface area (Å²) >= 11 is 5.82. The molecule has 2 N–H and O–H groups in total. The number of hydrogen-bond acceptors (Lipinski definition) is 6. The fourth-order valence-corrected chi connectivity index (χ4v) is 2.74. The molecule has 1 saturated heterocycles. The van der Waals surface area contributed by atoms with Gasteiger partial charge in [0.1, 0.15) is 12.1 Å². The molecule has 0 unspecified atom stereocenters. The van der Waals surface area contributed by atoms with Gasteiger partial charge in [-0.3, -0.25) is 19.3 Å². The van der Waals surface area contributed by atoms with E-state index in [1.807, 2.05) is 6.92 Å². The maximum atomic E-state index is 12.4. The fraction of sp³-hybridized carbons (Fsp3) is 0.471. The minimum Gasteiger partial charge on any atom is -0.454 e. The number of hydrogen-bond donors (Lipinski definition) is 2. The van der Waals surface area contributed by atoms with Gasteiger partial charge >= 0.3 is 12.0 Å². The van der Waals surface area contributed by atoms with Crippen LogP contribution >= 0.6 is 11.6 Å². The molecule has 1 aliphatic heterocycles. The zero-order valence-electron chi connectivity index (χ0n) is 15.1. The van der Waals surface area contributed by atoms with Crippen LogP contribution in [-0.4, -0.2) is 52.4 Å². The van der Waals surface area contributed by atoms with Crippen molar-refractivity contribution < 1.29 is 23.9 Å². The Labute approximate surface area is 161 Å². The molecule has 0 saturated carbocycles. The summed E-state index contributed by atoms with van der Waals surface area (Å²) in [5.41, 5.74) is -0.747. The van der Waals surface area contributed by atoms with E-state index in [4.69, 9.17) is 16.3 Å². The first kappa shape index (κ1) is 20.6. The Morgan fingerprint density at radius 1 is 1.41 bits per heavy atom. The number of aromatic nitrogens is 1. The van der Waals surface area contributed by atoms with E-state index in [1.54, 1.807) is 19.1 Å². The molecule has 1 atom stereocenters. The van der Waals surface area contributed by atoms with Gasteiger partial charge in [0, 0.05) is 6.20 Å². The SMILES string of the molecule is CCCC[C@]1(C)NC(=O)N(CC(=O)OCC(=O)Nc2cccnc2Cl)C1=O. The van der Waals surface area contributed by atoms with Gasteiger partial charge in [-0.15, -0.1) is 0 Å². The van der Waals surface area contributed by atoms with E-state index in [0.717, 1.165) is 17.7 Å². The van der Waals surface area contributed by atoms with Gasteiger partial charge in [0.05, 0.1) is 5.69 Å². The normalized spacial score (nSPS) is 19.0. The molecule has 1 aliphatic rings. The Bertz CT molecular complexity index is 757. The topological polar surface area (TPSA) is 118 Å². The van der Waals surface area contributed by atoms with Crippen molar-refractivity contribution in [3.05, 3.63) is 23.5 Å². The van der Waals surface area contributed by atoms with Crippen LogP contribution in [0.3, 0.4) is 0 Å². The van der Waals surface area contributed by atoms with E-state index in [-0.39, 0.29) is 10.8 Å². The molecular weight excluding hydrogens is 376 g/mol. The van der Waals surface area contributed by atoms with Crippen molar-refractivity contribution in [1.82, 2.24) is 15.2 Å². The lowest BCUT2D eigenvalue weighted by molar-refractivity contribution is -0.150. The summed E-state index contributed by atoms with van der Waals surface area (Å²) in [6.07, 6.45) is 3.58. The van der Waals surface area contributed by atoms with Crippen molar-refractivity contribution in [3.8, 4) is 0 Å². The van der Waals surface area contributed by atoms with Crippen molar-refractivity contribution >= 4 is 41.1 Å². The van der Waals surface area contributed by atoms with Crippen LogP contribution < -0.4 is 10.6 Å². The van der Waals surface area contributed by atoms with Crippen molar-refractivity contribution in [3.63, 3.8) is 0 Å². The number of rotatable bonds is 8. The predicted octanol–water partition coefficient (Wildman–Crippen LogP) is 1.72. The molecule has 1 aromatic rings. The van der Waals surface area contributed by atoms with Crippen LogP contribution in [0.25, 0.3) is 0 Å². The summed E-state index contributed by atoms with van der Waals surface area (Å²) in [7, 11) is 0. The minimum absolute atomic E-state index is 0.0999. The highest BCUT2D eigenvalue weighted by atomic mass is 35.5. The number of anilines is 1. The largest absolute Gasteiger partial charge is 0.454 e. The van der Waals surface area contributed by atoms with E-state index >= 15 is 0 Å². The number of esters is 1. The summed E-state index contributed by atoms with van der Waals surface area (Å²) in [4.78, 5) is 52.8. The van der Waals surface area contributed by atoms with Gasteiger partial charge in [-0.2, -0.15) is 0 Å². The number of nitrogens with zero attached hydrogens (tertiary/aromatic N) is 2. The molecule has 0 radical (unpaired) electrons. The molecule has 10 heteroatoms. The molecular formula is C17H21ClN4O5. The molecule has 0 aliphatic carbocycles. The summed E-state index contributed by atoms with van der Waals surface area (Å²) < 4.78 is 4.84. The second kappa shape index (κ2) is 8.81. The number of imide groups is 1. The number of pyridine rings is 1. The van der Waals surface area contributed by atoms with Gasteiger partial charge in [0.25, 0.3) is 11.8 Å². The average Bonchev–Trinajstić information content (AvgIpc) is 2.84. The molecule has 146 valence electrons. The maximum absolute atomic E-state index is 12.4. The molecule has 2 heterocycles. The monoisotopic (exact) mass is 396 g/mol. The van der Waals surface area contributed by atoms with Crippen LogP contribution in [0.5, 0.6) is 0 Å². The summed E-state index contributed by atoms with van der Waals surface area (Å²) in [6, 6.07) is 2.47. The molecule has 0 aromatic carbocycles. The first-order valence-corrected chi connectivity index (χ1v) is 8.84. The fourth-order valence-electron chi connectivity index (χ4n) is 2.58. The molecule has 0 spiro atoms. The molecule has 2 rings (SSSR count). The summed E-state index contributed by atoms with van der Waals surface area (Å²) in [5, 5.41) is 5.15. The van der Waals surface area contributed by atoms with Gasteiger partial charge in [-0.05, 0) is 25.5 Å². The van der Waals surface area contributed by atoms with Crippen molar-refractivity contribution in [2.75, 3.05) is 18.5 Å². The molecule has 27 heavy (non-hydrogen) atoms. The van der Waals surface area contributed by atoms with Gasteiger partial charge in [-0.1, -0.05) is 31.4 Å². The maximum Gasteiger partial charge on any atom is 0.326 e. The van der Waals surface area contributed by atoms with Crippen LogP contribution in [0.4, 0.5) is 10.5 Å². The van der Waals surface area contributed by atoms with Crippen molar-refractivity contribution in [2.45, 2.75) is 38.6 Å². The quantitative estimate of drug-likeness (QED) is 0.392. The number of ether oxygens (including phenoxy) is 1. The summed E-state index contributed by atoms with van der Waals surface area (Å²) in [6.45, 7) is 2.46. The van der Waals surface area contributed by atoms with Gasteiger partial charge in [0.15, 0.2) is 11.8 Å². The predicted molar refractivity (Wildman–Crippen MR) is 97.0 cm³/mol. The first-order chi connectivity index (χ1) is 12.8. The van der Waals surface area contributed by atoms with Gasteiger partial charge < -0.3 is 15.4 Å². The Morgan fingerprint density at radius 3 is 2.81 bits per heavy atom. The number of unbranched alkanes of at least 4 members (excludes halogenated alkanes) is 1. The van der Waals surface area contributed by atoms with E-state index < -0.39 is 42.5 Å². The Hall–Kier alpha value is -2.68. The zero-order chi connectivity index (χ0) is 20.0. The average molecular weight is 397 g/mol. The number of nitrogens with one attached hydrogen (secondary N) is 2. The molecule has 9 nitrogen and oxygen atoms in total. The third kappa shape index (κ3) is 5.16. The highest BCUT2D eigenvalue weighted by Crippen LogP contribution is 2.23. The lowest BCUT2D eigenvalue weighted by Gasteiger charge is -2.21. The highest BCUT2D eigenvalue weighted by Gasteiger charge is 2.47. The van der Waals surface area contributed by atoms with Crippen molar-refractivity contribution in [2.24, 2.45) is 0 Å². The van der Waals surface area contributed by atoms with Crippen LogP contribution in [0.2, 0.25) is 5.15 Å². The minimum atomic E-state index is -1.03. The molecule has 1 fully saturated rings. The number of halogens is 1. The van der Waals surface area contributed by atoms with E-state index in [2.05, 4.69) is 15.6 Å². The molecule has 0 bridgehead atoms. The second-order valence-corrected chi connectivity index (χ2v) is 6.67. The van der Waals surface area contributed by atoms with E-state index in [1.165, 1.54) is 6.20 Å². The first-order valence-electron chi connectivity index (χ1n) is 8.47. The Morgan fingerprint density at radius 2 is 2.15 bits per heavy atom. The lowest BCUT2D eigenvalue weighted by atomic mass is 9.95. The Balaban J connectivity index is 1.85. The van der Waals surface area contributed by atoms with Crippen LogP contribution in [0.1, 0.15) is 33.1 Å². The number of amides is 4. The Kier molecular flexibility index (Phi) is 6.73. The summed E-state index contributed by atoms with van der Waals surface area (Å²) in [5.74, 6) is -1.97. The van der Waals surface area contributed by atoms with Gasteiger partial charge in [0.2, 0.25) is 0 Å². The van der Waals surface area contributed by atoms with E-state index in [9.17, 15) is 19.2 Å². The number of carbonyl (C=O) groups is 4. The van der Waals surface area contributed by atoms with Crippen LogP contribution in [0.15, 0.2) is 18.3 Å².